The van der Waals surface area contributed by atoms with E-state index in [1.807, 2.05) is 45.1 Å². The van der Waals surface area contributed by atoms with Gasteiger partial charge in [0, 0.05) is 11.0 Å². The smallest absolute Gasteiger partial charge is 0.343 e. The Morgan fingerprint density at radius 1 is 0.919 bits per heavy atom. The fourth-order valence-corrected chi connectivity index (χ4v) is 4.55. The molecule has 0 spiro atoms. The minimum absolute atomic E-state index is 0.0920. The van der Waals surface area contributed by atoms with E-state index in [9.17, 15) is 9.59 Å². The maximum Gasteiger partial charge on any atom is 0.343 e. The summed E-state index contributed by atoms with van der Waals surface area (Å²) in [6.45, 7) is 14.7. The molecule has 0 amide bonds. The third-order valence-electron chi connectivity index (χ3n) is 8.21. The van der Waals surface area contributed by atoms with Gasteiger partial charge in [-0.05, 0) is 85.9 Å². The van der Waals surface area contributed by atoms with Gasteiger partial charge in [-0.3, -0.25) is 4.79 Å². The van der Waals surface area contributed by atoms with E-state index in [1.54, 1.807) is 24.3 Å². The lowest BCUT2D eigenvalue weighted by Gasteiger charge is -2.34. The molecule has 0 aromatic heterocycles. The Hall–Kier alpha value is -3.14. The summed E-state index contributed by atoms with van der Waals surface area (Å²) >= 11 is 0. The number of hydrogen-bond donors (Lipinski definition) is 0. The zero-order valence-corrected chi connectivity index (χ0v) is 23.5. The number of Topliss-reactive ketones (excluding diaryl/α,β-unsaturated/α-hetero) is 1. The molecule has 37 heavy (non-hydrogen) atoms. The van der Waals surface area contributed by atoms with E-state index in [4.69, 9.17) is 9.47 Å². The molecule has 2 aromatic carbocycles. The lowest BCUT2D eigenvalue weighted by Crippen LogP contribution is -2.28. The Kier molecular flexibility index (Phi) is 9.17. The van der Waals surface area contributed by atoms with Crippen LogP contribution in [0.25, 0.3) is 0 Å². The molecule has 0 N–H and O–H groups in total. The normalized spacial score (nSPS) is 16.6. The Morgan fingerprint density at radius 2 is 1.51 bits per heavy atom. The minimum atomic E-state index is -0.418. The van der Waals surface area contributed by atoms with Gasteiger partial charge < -0.3 is 9.47 Å². The molecular formula is C33H42O4. The number of hydrogen-bond acceptors (Lipinski definition) is 4. The molecule has 0 radical (unpaired) electrons. The van der Waals surface area contributed by atoms with E-state index < -0.39 is 5.97 Å². The second-order valence-electron chi connectivity index (χ2n) is 11.0. The van der Waals surface area contributed by atoms with Crippen molar-refractivity contribution in [1.29, 1.82) is 0 Å². The fourth-order valence-electron chi connectivity index (χ4n) is 4.55. The van der Waals surface area contributed by atoms with Gasteiger partial charge in [0.1, 0.15) is 11.5 Å². The van der Waals surface area contributed by atoms with Crippen molar-refractivity contribution in [2.24, 2.45) is 11.3 Å². The molecule has 2 atom stereocenters. The number of benzene rings is 2. The number of carbonyl (C=O) groups is 2. The highest BCUT2D eigenvalue weighted by molar-refractivity contribution is 6.01. The largest absolute Gasteiger partial charge is 0.491 e. The topological polar surface area (TPSA) is 52.6 Å². The summed E-state index contributed by atoms with van der Waals surface area (Å²) in [7, 11) is 0. The van der Waals surface area contributed by atoms with E-state index in [0.29, 0.717) is 16.9 Å². The van der Waals surface area contributed by atoms with Crippen LogP contribution in [-0.2, 0) is 10.2 Å². The third kappa shape index (κ3) is 6.60. The van der Waals surface area contributed by atoms with Crippen molar-refractivity contribution < 1.29 is 19.1 Å². The second-order valence-corrected chi connectivity index (χ2v) is 11.0. The highest BCUT2D eigenvalue weighted by Gasteiger charge is 2.31. The number of ether oxygens (including phenoxy) is 2. The molecule has 2 aromatic rings. The van der Waals surface area contributed by atoms with Crippen molar-refractivity contribution in [3.05, 3.63) is 89.2 Å². The van der Waals surface area contributed by atoms with Gasteiger partial charge in [0.25, 0.3) is 0 Å². The second kappa shape index (κ2) is 11.9. The van der Waals surface area contributed by atoms with Crippen LogP contribution >= 0.6 is 0 Å². The molecule has 198 valence electrons. The molecule has 4 heteroatoms. The van der Waals surface area contributed by atoms with Crippen molar-refractivity contribution in [2.75, 3.05) is 0 Å². The quantitative estimate of drug-likeness (QED) is 0.228. The molecule has 2 unspecified atom stereocenters. The van der Waals surface area contributed by atoms with Crippen LogP contribution in [0.2, 0.25) is 0 Å². The average molecular weight is 503 g/mol. The first-order valence-corrected chi connectivity index (χ1v) is 13.6. The zero-order chi connectivity index (χ0) is 27.2. The molecule has 3 rings (SSSR count). The van der Waals surface area contributed by atoms with Gasteiger partial charge in [0.2, 0.25) is 0 Å². The van der Waals surface area contributed by atoms with E-state index in [-0.39, 0.29) is 28.6 Å². The first kappa shape index (κ1) is 28.4. The summed E-state index contributed by atoms with van der Waals surface area (Å²) in [6, 6.07) is 15.2. The number of ketones is 1. The van der Waals surface area contributed by atoms with Crippen LogP contribution in [0.5, 0.6) is 5.75 Å². The monoisotopic (exact) mass is 502 g/mol. The van der Waals surface area contributed by atoms with Crippen LogP contribution < -0.4 is 4.74 Å². The van der Waals surface area contributed by atoms with Crippen molar-refractivity contribution in [2.45, 2.75) is 85.7 Å². The van der Waals surface area contributed by atoms with Crippen LogP contribution in [0.4, 0.5) is 0 Å². The van der Waals surface area contributed by atoms with E-state index in [2.05, 4.69) is 45.9 Å². The van der Waals surface area contributed by atoms with Gasteiger partial charge in [-0.1, -0.05) is 71.9 Å². The minimum Gasteiger partial charge on any atom is -0.491 e. The van der Waals surface area contributed by atoms with E-state index in [1.165, 1.54) is 5.56 Å². The highest BCUT2D eigenvalue weighted by Crippen LogP contribution is 2.38. The zero-order valence-electron chi connectivity index (χ0n) is 23.5. The number of carbonyl (C=O) groups excluding carboxylic acids is 2. The average Bonchev–Trinajstić information content (AvgIpc) is 2.92. The summed E-state index contributed by atoms with van der Waals surface area (Å²) in [5.74, 6) is 1.41. The molecule has 1 aliphatic rings. The predicted octanol–water partition coefficient (Wildman–Crippen LogP) is 8.47. The fraction of sp³-hybridized carbons (Fsp3) is 0.455. The van der Waals surface area contributed by atoms with E-state index in [0.717, 1.165) is 31.4 Å². The molecule has 0 bridgehead atoms. The summed E-state index contributed by atoms with van der Waals surface area (Å²) in [5, 5.41) is 0. The van der Waals surface area contributed by atoms with Gasteiger partial charge in [0.15, 0.2) is 5.78 Å². The summed E-state index contributed by atoms with van der Waals surface area (Å²) in [5.41, 5.74) is 1.83. The van der Waals surface area contributed by atoms with Crippen LogP contribution in [-0.4, -0.2) is 17.9 Å². The summed E-state index contributed by atoms with van der Waals surface area (Å²) in [6.07, 6.45) is 9.51. The lowest BCUT2D eigenvalue weighted by atomic mass is 9.71. The number of rotatable bonds is 11. The van der Waals surface area contributed by atoms with Crippen LogP contribution in [0.1, 0.15) is 100 Å². The van der Waals surface area contributed by atoms with Gasteiger partial charge in [-0.15, -0.1) is 0 Å². The molecule has 0 heterocycles. The maximum absolute atomic E-state index is 12.9. The first-order valence-electron chi connectivity index (χ1n) is 13.6. The first-order chi connectivity index (χ1) is 17.5. The Balaban J connectivity index is 1.61. The maximum atomic E-state index is 12.9. The van der Waals surface area contributed by atoms with Gasteiger partial charge in [0.05, 0.1) is 11.7 Å². The standard InChI is InChI=1S/C33H42O4/c1-8-23(4)36-28-19-15-26(16-20-28)32(5,6)27-17-21-29(22-18-27)37-31(35)25-13-11-24(12-14-25)30(34)33(7,9-2)10-3/h11-17,19-23,27H,8-10,18H2,1-7H3. The van der Waals surface area contributed by atoms with Crippen molar-refractivity contribution in [1.82, 2.24) is 0 Å². The molecule has 4 nitrogen and oxygen atoms in total. The Bertz CT molecular complexity index is 1130. The van der Waals surface area contributed by atoms with Crippen molar-refractivity contribution in [3.63, 3.8) is 0 Å². The SMILES string of the molecule is CCC(C)Oc1ccc(C(C)(C)C2C=CC(OC(=O)c3ccc(C(=O)C(C)(CC)CC)cc3)=CC2)cc1. The van der Waals surface area contributed by atoms with Gasteiger partial charge >= 0.3 is 5.97 Å². The van der Waals surface area contributed by atoms with Gasteiger partial charge in [-0.25, -0.2) is 4.79 Å². The third-order valence-corrected chi connectivity index (χ3v) is 8.21. The molecule has 0 saturated heterocycles. The van der Waals surface area contributed by atoms with Crippen molar-refractivity contribution >= 4 is 11.8 Å². The lowest BCUT2D eigenvalue weighted by molar-refractivity contribution is 0.0633. The van der Waals surface area contributed by atoms with Gasteiger partial charge in [-0.2, -0.15) is 0 Å². The number of allylic oxidation sites excluding steroid dienone is 3. The van der Waals surface area contributed by atoms with Crippen molar-refractivity contribution in [3.8, 4) is 5.75 Å². The molecule has 1 aliphatic carbocycles. The molecular weight excluding hydrogens is 460 g/mol. The predicted molar refractivity (Wildman–Crippen MR) is 150 cm³/mol. The number of esters is 1. The Morgan fingerprint density at radius 3 is 2.03 bits per heavy atom. The van der Waals surface area contributed by atoms with E-state index >= 15 is 0 Å². The van der Waals surface area contributed by atoms with Crippen LogP contribution in [0, 0.1) is 11.3 Å². The summed E-state index contributed by atoms with van der Waals surface area (Å²) < 4.78 is 11.6. The summed E-state index contributed by atoms with van der Waals surface area (Å²) in [4.78, 5) is 25.6. The molecule has 0 aliphatic heterocycles. The molecule has 0 saturated carbocycles. The van der Waals surface area contributed by atoms with Crippen LogP contribution in [0.3, 0.4) is 0 Å². The highest BCUT2D eigenvalue weighted by atomic mass is 16.5. The molecule has 0 fully saturated rings. The Labute approximate surface area is 222 Å². The van der Waals surface area contributed by atoms with Crippen LogP contribution in [0.15, 0.2) is 72.5 Å².